The maximum absolute atomic E-state index is 10.9. The van der Waals surface area contributed by atoms with Gasteiger partial charge in [-0.15, -0.1) is 0 Å². The highest BCUT2D eigenvalue weighted by Gasteiger charge is 2.06. The molecule has 0 bridgehead atoms. The lowest BCUT2D eigenvalue weighted by atomic mass is 10.1. The van der Waals surface area contributed by atoms with Crippen LogP contribution in [0.1, 0.15) is 31.4 Å². The molecule has 0 spiro atoms. The van der Waals surface area contributed by atoms with E-state index in [4.69, 9.17) is 22.1 Å². The molecule has 0 aliphatic rings. The molecule has 100 valence electrons. The molecule has 2 N–H and O–H groups in total. The molecule has 1 aromatic rings. The van der Waals surface area contributed by atoms with E-state index in [1.54, 1.807) is 12.1 Å². The Morgan fingerprint density at radius 3 is 2.78 bits per heavy atom. The number of ether oxygens (including phenoxy) is 2. The number of rotatable bonds is 6. The van der Waals surface area contributed by atoms with Crippen LogP contribution in [0.2, 0.25) is 5.02 Å². The van der Waals surface area contributed by atoms with Crippen LogP contribution in [0, 0.1) is 0 Å². The fraction of sp³-hybridized carbons (Fsp3) is 0.462. The number of methoxy groups -OCH3 is 1. The van der Waals surface area contributed by atoms with Gasteiger partial charge in [0.1, 0.15) is 5.75 Å². The highest BCUT2D eigenvalue weighted by Crippen LogP contribution is 2.27. The summed E-state index contributed by atoms with van der Waals surface area (Å²) in [6, 6.07) is 5.41. The molecule has 0 heterocycles. The zero-order valence-corrected chi connectivity index (χ0v) is 11.4. The first-order valence-electron chi connectivity index (χ1n) is 5.79. The summed E-state index contributed by atoms with van der Waals surface area (Å²) in [5.74, 6) is 0.364. The van der Waals surface area contributed by atoms with E-state index in [2.05, 4.69) is 4.74 Å². The number of carbonyl (C=O) groups excluding carboxylic acids is 1. The molecule has 0 fully saturated rings. The zero-order chi connectivity index (χ0) is 13.5. The van der Waals surface area contributed by atoms with Gasteiger partial charge < -0.3 is 15.2 Å². The fourth-order valence-electron chi connectivity index (χ4n) is 1.42. The summed E-state index contributed by atoms with van der Waals surface area (Å²) >= 11 is 6.07. The Morgan fingerprint density at radius 1 is 1.50 bits per heavy atom. The molecular weight excluding hydrogens is 254 g/mol. The van der Waals surface area contributed by atoms with Crippen LogP contribution in [-0.2, 0) is 9.53 Å². The van der Waals surface area contributed by atoms with Crippen LogP contribution < -0.4 is 10.5 Å². The van der Waals surface area contributed by atoms with Crippen molar-refractivity contribution in [2.24, 2.45) is 5.73 Å². The molecule has 18 heavy (non-hydrogen) atoms. The van der Waals surface area contributed by atoms with Crippen LogP contribution in [0.15, 0.2) is 18.2 Å². The third kappa shape index (κ3) is 4.55. The molecule has 0 saturated carbocycles. The third-order valence-corrected chi connectivity index (χ3v) is 2.79. The van der Waals surface area contributed by atoms with Crippen molar-refractivity contribution in [2.45, 2.75) is 25.8 Å². The summed E-state index contributed by atoms with van der Waals surface area (Å²) in [5, 5.41) is 0.530. The van der Waals surface area contributed by atoms with Crippen LogP contribution in [-0.4, -0.2) is 19.7 Å². The summed E-state index contributed by atoms with van der Waals surface area (Å²) in [5.41, 5.74) is 6.71. The lowest BCUT2D eigenvalue weighted by molar-refractivity contribution is -0.140. The van der Waals surface area contributed by atoms with E-state index in [9.17, 15) is 4.79 Å². The Morgan fingerprint density at radius 2 is 2.22 bits per heavy atom. The van der Waals surface area contributed by atoms with Gasteiger partial charge in [0.25, 0.3) is 0 Å². The van der Waals surface area contributed by atoms with E-state index in [-0.39, 0.29) is 12.0 Å². The number of halogens is 1. The van der Waals surface area contributed by atoms with Gasteiger partial charge >= 0.3 is 5.97 Å². The van der Waals surface area contributed by atoms with Crippen LogP contribution in [0.5, 0.6) is 5.75 Å². The van der Waals surface area contributed by atoms with Crippen molar-refractivity contribution in [3.05, 3.63) is 28.8 Å². The first kappa shape index (κ1) is 14.8. The minimum atomic E-state index is -0.239. The largest absolute Gasteiger partial charge is 0.492 e. The van der Waals surface area contributed by atoms with Gasteiger partial charge in [0.05, 0.1) is 18.7 Å². The topological polar surface area (TPSA) is 61.5 Å². The molecule has 0 aromatic heterocycles. The van der Waals surface area contributed by atoms with Crippen molar-refractivity contribution in [1.82, 2.24) is 0 Å². The average Bonchev–Trinajstić information content (AvgIpc) is 2.35. The van der Waals surface area contributed by atoms with Crippen LogP contribution >= 0.6 is 11.6 Å². The maximum Gasteiger partial charge on any atom is 0.305 e. The minimum Gasteiger partial charge on any atom is -0.492 e. The molecule has 4 nitrogen and oxygen atoms in total. The Hall–Kier alpha value is -1.26. The van der Waals surface area contributed by atoms with Gasteiger partial charge in [0.2, 0.25) is 0 Å². The van der Waals surface area contributed by atoms with E-state index in [1.807, 2.05) is 13.0 Å². The highest BCUT2D eigenvalue weighted by atomic mass is 35.5. The second-order valence-electron chi connectivity index (χ2n) is 4.01. The molecule has 1 atom stereocenters. The van der Waals surface area contributed by atoms with E-state index < -0.39 is 0 Å². The summed E-state index contributed by atoms with van der Waals surface area (Å²) in [6.45, 7) is 2.31. The second-order valence-corrected chi connectivity index (χ2v) is 4.41. The first-order valence-corrected chi connectivity index (χ1v) is 6.17. The Labute approximate surface area is 112 Å². The lowest BCUT2D eigenvalue weighted by Crippen LogP contribution is -2.06. The fourth-order valence-corrected chi connectivity index (χ4v) is 1.66. The highest BCUT2D eigenvalue weighted by molar-refractivity contribution is 6.32. The lowest BCUT2D eigenvalue weighted by Gasteiger charge is -2.11. The predicted octanol–water partition coefficient (Wildman–Crippen LogP) is 2.69. The van der Waals surface area contributed by atoms with Crippen LogP contribution in [0.3, 0.4) is 0 Å². The van der Waals surface area contributed by atoms with Gasteiger partial charge in [-0.1, -0.05) is 17.7 Å². The van der Waals surface area contributed by atoms with Crippen molar-refractivity contribution in [1.29, 1.82) is 0 Å². The molecule has 0 unspecified atom stereocenters. The van der Waals surface area contributed by atoms with Crippen molar-refractivity contribution in [2.75, 3.05) is 13.7 Å². The Bertz CT molecular complexity index is 407. The quantitative estimate of drug-likeness (QED) is 0.638. The molecule has 0 amide bonds. The van der Waals surface area contributed by atoms with Crippen LogP contribution in [0.25, 0.3) is 0 Å². The second kappa shape index (κ2) is 7.24. The molecule has 1 aromatic carbocycles. The predicted molar refractivity (Wildman–Crippen MR) is 70.8 cm³/mol. The molecule has 0 saturated heterocycles. The van der Waals surface area contributed by atoms with Gasteiger partial charge in [0.15, 0.2) is 0 Å². The zero-order valence-electron chi connectivity index (χ0n) is 10.6. The monoisotopic (exact) mass is 271 g/mol. The van der Waals surface area contributed by atoms with E-state index in [0.29, 0.717) is 30.2 Å². The number of benzene rings is 1. The standard InChI is InChI=1S/C13H18ClNO3/c1-9(15)10-5-6-12(11(14)8-10)18-7-3-4-13(16)17-2/h5-6,8-9H,3-4,7,15H2,1-2H3/t9-/m0/s1. The summed E-state index contributed by atoms with van der Waals surface area (Å²) in [4.78, 5) is 10.9. The summed E-state index contributed by atoms with van der Waals surface area (Å²) in [6.07, 6.45) is 0.935. The van der Waals surface area contributed by atoms with Gasteiger partial charge in [-0.3, -0.25) is 4.79 Å². The summed E-state index contributed by atoms with van der Waals surface area (Å²) < 4.78 is 10.0. The van der Waals surface area contributed by atoms with Crippen molar-refractivity contribution < 1.29 is 14.3 Å². The number of hydrogen-bond acceptors (Lipinski definition) is 4. The number of nitrogens with two attached hydrogens (primary N) is 1. The van der Waals surface area contributed by atoms with Crippen molar-refractivity contribution in [3.63, 3.8) is 0 Å². The number of carbonyl (C=O) groups is 1. The molecule has 0 aliphatic heterocycles. The molecule has 0 aliphatic carbocycles. The Kier molecular flexibility index (Phi) is 5.95. The van der Waals surface area contributed by atoms with E-state index in [0.717, 1.165) is 5.56 Å². The Balaban J connectivity index is 2.45. The van der Waals surface area contributed by atoms with E-state index in [1.165, 1.54) is 7.11 Å². The van der Waals surface area contributed by atoms with Gasteiger partial charge in [0, 0.05) is 12.5 Å². The first-order chi connectivity index (χ1) is 8.54. The molecular formula is C13H18ClNO3. The minimum absolute atomic E-state index is 0.0594. The van der Waals surface area contributed by atoms with Crippen molar-refractivity contribution in [3.8, 4) is 5.75 Å². The van der Waals surface area contributed by atoms with Gasteiger partial charge in [-0.05, 0) is 31.0 Å². The van der Waals surface area contributed by atoms with E-state index >= 15 is 0 Å². The normalized spacial score (nSPS) is 12.0. The molecule has 1 rings (SSSR count). The van der Waals surface area contributed by atoms with Gasteiger partial charge in [-0.2, -0.15) is 0 Å². The maximum atomic E-state index is 10.9. The number of esters is 1. The van der Waals surface area contributed by atoms with Gasteiger partial charge in [-0.25, -0.2) is 0 Å². The summed E-state index contributed by atoms with van der Waals surface area (Å²) in [7, 11) is 1.37. The SMILES string of the molecule is COC(=O)CCCOc1ccc([C@H](C)N)cc1Cl. The van der Waals surface area contributed by atoms with Crippen LogP contribution in [0.4, 0.5) is 0 Å². The smallest absolute Gasteiger partial charge is 0.305 e. The number of hydrogen-bond donors (Lipinski definition) is 1. The van der Waals surface area contributed by atoms with Crippen molar-refractivity contribution >= 4 is 17.6 Å². The average molecular weight is 272 g/mol. The molecule has 0 radical (unpaired) electrons. The third-order valence-electron chi connectivity index (χ3n) is 2.49. The molecule has 5 heteroatoms.